The van der Waals surface area contributed by atoms with Crippen molar-refractivity contribution in [2.24, 2.45) is 17.6 Å². The van der Waals surface area contributed by atoms with E-state index in [0.29, 0.717) is 30.6 Å². The topological polar surface area (TPSA) is 170 Å². The molecule has 12 nitrogen and oxygen atoms in total. The third kappa shape index (κ3) is 8.68. The zero-order valence-corrected chi connectivity index (χ0v) is 23.2. The van der Waals surface area contributed by atoms with Gasteiger partial charge in [-0.1, -0.05) is 30.3 Å². The van der Waals surface area contributed by atoms with Gasteiger partial charge in [0.25, 0.3) is 5.56 Å². The molecule has 12 heteroatoms. The molecule has 1 heterocycles. The van der Waals surface area contributed by atoms with Crippen LogP contribution in [0.3, 0.4) is 0 Å². The van der Waals surface area contributed by atoms with Crippen LogP contribution in [-0.2, 0) is 27.3 Å². The van der Waals surface area contributed by atoms with E-state index in [1.54, 1.807) is 13.8 Å². The Bertz CT molecular complexity index is 1230. The first-order valence-electron chi connectivity index (χ1n) is 13.9. The molecular weight excluding hydrogens is 516 g/mol. The average Bonchev–Trinajstić information content (AvgIpc) is 3.85. The number of H-pyrrole nitrogens is 1. The summed E-state index contributed by atoms with van der Waals surface area (Å²) in [4.78, 5) is 51.3. The molecule has 0 saturated heterocycles. The molecule has 1 aromatic carbocycles. The Kier molecular flexibility index (Phi) is 9.64. The minimum atomic E-state index is -1.20. The van der Waals surface area contributed by atoms with Crippen molar-refractivity contribution >= 4 is 18.0 Å². The number of nitrogens with two attached hydrogens (primary N) is 1. The fraction of sp³-hybridized carbons (Fsp3) is 0.571. The number of nitrogens with zero attached hydrogens (tertiary/aromatic N) is 1. The second-order valence-electron chi connectivity index (χ2n) is 11.2. The first-order chi connectivity index (χ1) is 19.1. The summed E-state index contributed by atoms with van der Waals surface area (Å²) in [6.45, 7) is 4.35. The quantitative estimate of drug-likeness (QED) is 0.237. The molecule has 3 amide bonds. The SMILES string of the molecule is CC(C)(N)C(=O)N[C@H](COCc1ccccc1)c1[nH]n(C(=O)NCC2CC2)c(=O)c1CCOC(=O)NCC1CC1. The number of rotatable bonds is 14. The van der Waals surface area contributed by atoms with Crippen molar-refractivity contribution in [2.45, 2.75) is 64.1 Å². The lowest BCUT2D eigenvalue weighted by molar-refractivity contribution is -0.126. The van der Waals surface area contributed by atoms with Crippen molar-refractivity contribution < 1.29 is 23.9 Å². The number of benzene rings is 1. The molecule has 0 spiro atoms. The van der Waals surface area contributed by atoms with Gasteiger partial charge in [-0.15, -0.1) is 0 Å². The van der Waals surface area contributed by atoms with Crippen LogP contribution >= 0.6 is 0 Å². The Morgan fingerprint density at radius 1 is 1.07 bits per heavy atom. The fourth-order valence-corrected chi connectivity index (χ4v) is 4.05. The number of aromatic amines is 1. The van der Waals surface area contributed by atoms with Gasteiger partial charge in [-0.05, 0) is 56.9 Å². The van der Waals surface area contributed by atoms with E-state index < -0.39 is 35.2 Å². The number of alkyl carbamates (subject to hydrolysis) is 1. The van der Waals surface area contributed by atoms with Gasteiger partial charge in [0.05, 0.1) is 37.1 Å². The third-order valence-corrected chi connectivity index (χ3v) is 6.91. The number of carbonyl (C=O) groups is 3. The van der Waals surface area contributed by atoms with Gasteiger partial charge in [0.1, 0.15) is 0 Å². The predicted molar refractivity (Wildman–Crippen MR) is 148 cm³/mol. The van der Waals surface area contributed by atoms with Crippen LogP contribution in [0.4, 0.5) is 9.59 Å². The van der Waals surface area contributed by atoms with Crippen LogP contribution in [0.1, 0.15) is 62.4 Å². The van der Waals surface area contributed by atoms with Crippen LogP contribution in [0.25, 0.3) is 0 Å². The maximum absolute atomic E-state index is 13.4. The summed E-state index contributed by atoms with van der Waals surface area (Å²) < 4.78 is 12.1. The molecule has 40 heavy (non-hydrogen) atoms. The summed E-state index contributed by atoms with van der Waals surface area (Å²) in [6, 6.07) is 8.09. The van der Waals surface area contributed by atoms with Crippen molar-refractivity contribution in [1.82, 2.24) is 25.7 Å². The number of hydrogen-bond donors (Lipinski definition) is 5. The lowest BCUT2D eigenvalue weighted by Crippen LogP contribution is -2.50. The highest BCUT2D eigenvalue weighted by Gasteiger charge is 2.31. The number of amides is 3. The van der Waals surface area contributed by atoms with Crippen LogP contribution in [0, 0.1) is 11.8 Å². The maximum Gasteiger partial charge on any atom is 0.407 e. The molecule has 0 bridgehead atoms. The van der Waals surface area contributed by atoms with Gasteiger partial charge in [-0.3, -0.25) is 14.7 Å². The molecule has 2 aliphatic carbocycles. The summed E-state index contributed by atoms with van der Waals surface area (Å²) in [5.41, 5.74) is 5.68. The Hall–Kier alpha value is -3.64. The fourth-order valence-electron chi connectivity index (χ4n) is 4.05. The van der Waals surface area contributed by atoms with Crippen molar-refractivity contribution in [1.29, 1.82) is 0 Å². The van der Waals surface area contributed by atoms with Crippen LogP contribution in [-0.4, -0.2) is 59.7 Å². The number of aromatic nitrogens is 2. The van der Waals surface area contributed by atoms with Gasteiger partial charge in [-0.25, -0.2) is 9.59 Å². The van der Waals surface area contributed by atoms with E-state index in [0.717, 1.165) is 35.9 Å². The van der Waals surface area contributed by atoms with E-state index in [4.69, 9.17) is 15.2 Å². The maximum atomic E-state index is 13.4. The summed E-state index contributed by atoms with van der Waals surface area (Å²) in [6.07, 6.45) is 3.73. The lowest BCUT2D eigenvalue weighted by atomic mass is 10.0. The van der Waals surface area contributed by atoms with Crippen molar-refractivity contribution in [3.8, 4) is 0 Å². The van der Waals surface area contributed by atoms with Crippen LogP contribution < -0.4 is 27.2 Å². The molecule has 4 rings (SSSR count). The number of hydrogen-bond acceptors (Lipinski definition) is 7. The average molecular weight is 557 g/mol. The van der Waals surface area contributed by atoms with Gasteiger partial charge in [0.2, 0.25) is 5.91 Å². The van der Waals surface area contributed by atoms with Gasteiger partial charge >= 0.3 is 12.1 Å². The normalized spacial score (nSPS) is 15.8. The van der Waals surface area contributed by atoms with E-state index in [9.17, 15) is 19.2 Å². The van der Waals surface area contributed by atoms with Crippen LogP contribution in [0.2, 0.25) is 0 Å². The highest BCUT2D eigenvalue weighted by atomic mass is 16.5. The molecule has 6 N–H and O–H groups in total. The minimum Gasteiger partial charge on any atom is -0.449 e. The first-order valence-corrected chi connectivity index (χ1v) is 13.9. The molecule has 0 aliphatic heterocycles. The van der Waals surface area contributed by atoms with Crippen molar-refractivity contribution in [3.63, 3.8) is 0 Å². The highest BCUT2D eigenvalue weighted by molar-refractivity contribution is 5.85. The Balaban J connectivity index is 1.53. The van der Waals surface area contributed by atoms with Gasteiger partial charge in [0.15, 0.2) is 0 Å². The van der Waals surface area contributed by atoms with E-state index >= 15 is 0 Å². The largest absolute Gasteiger partial charge is 0.449 e. The predicted octanol–water partition coefficient (Wildman–Crippen LogP) is 1.93. The third-order valence-electron chi connectivity index (χ3n) is 6.91. The smallest absolute Gasteiger partial charge is 0.407 e. The summed E-state index contributed by atoms with van der Waals surface area (Å²) in [5.74, 6) is 0.452. The lowest BCUT2D eigenvalue weighted by Gasteiger charge is -2.24. The summed E-state index contributed by atoms with van der Waals surface area (Å²) in [7, 11) is 0. The zero-order chi connectivity index (χ0) is 28.7. The second kappa shape index (κ2) is 13.1. The Labute approximate surface area is 233 Å². The zero-order valence-electron chi connectivity index (χ0n) is 23.2. The Morgan fingerprint density at radius 2 is 1.73 bits per heavy atom. The first kappa shape index (κ1) is 29.3. The number of carbonyl (C=O) groups excluding carboxylic acids is 3. The molecule has 2 saturated carbocycles. The van der Waals surface area contributed by atoms with Crippen molar-refractivity contribution in [3.05, 3.63) is 57.5 Å². The molecule has 2 fully saturated rings. The molecule has 218 valence electrons. The van der Waals surface area contributed by atoms with Gasteiger partial charge in [0, 0.05) is 25.1 Å². The van der Waals surface area contributed by atoms with Crippen molar-refractivity contribution in [2.75, 3.05) is 26.3 Å². The molecule has 1 aromatic heterocycles. The summed E-state index contributed by atoms with van der Waals surface area (Å²) >= 11 is 0. The van der Waals surface area contributed by atoms with Crippen LogP contribution in [0.5, 0.6) is 0 Å². The van der Waals surface area contributed by atoms with E-state index in [2.05, 4.69) is 21.0 Å². The molecule has 0 unspecified atom stereocenters. The second-order valence-corrected chi connectivity index (χ2v) is 11.2. The highest BCUT2D eigenvalue weighted by Crippen LogP contribution is 2.28. The van der Waals surface area contributed by atoms with Gasteiger partial charge in [-0.2, -0.15) is 4.68 Å². The molecule has 2 aromatic rings. The van der Waals surface area contributed by atoms with E-state index in [1.165, 1.54) is 0 Å². The van der Waals surface area contributed by atoms with Crippen LogP contribution in [0.15, 0.2) is 35.1 Å². The molecular formula is C28H40N6O6. The minimum absolute atomic E-state index is 0.00388. The Morgan fingerprint density at radius 3 is 2.35 bits per heavy atom. The van der Waals surface area contributed by atoms with E-state index in [1.807, 2.05) is 30.3 Å². The number of nitrogens with one attached hydrogen (secondary N) is 4. The standard InChI is InChI=1S/C28H40N6O6/c1-28(2,29)25(36)32-22(17-39-16-20-6-4-3-5-7-20)23-21(12-13-40-27(38)31-15-19-10-11-19)24(35)34(33-23)26(37)30-14-18-8-9-18/h3-7,18-19,22,33H,8-17,29H2,1-2H3,(H,30,37)(H,31,38)(H,32,36)/t22-/m1/s1. The number of ether oxygens (including phenoxy) is 2. The molecule has 1 atom stereocenters. The van der Waals surface area contributed by atoms with E-state index in [-0.39, 0.29) is 31.8 Å². The summed E-state index contributed by atoms with van der Waals surface area (Å²) in [5, 5.41) is 11.2. The molecule has 0 radical (unpaired) electrons. The monoisotopic (exact) mass is 556 g/mol. The molecule has 2 aliphatic rings. The van der Waals surface area contributed by atoms with Gasteiger partial charge < -0.3 is 31.2 Å².